The number of amides is 3. The molecular formula is C19H25N3O2. The number of nitrogens with zero attached hydrogens (tertiary/aromatic N) is 3. The molecule has 5 nitrogen and oxygen atoms in total. The van der Waals surface area contributed by atoms with Crippen molar-refractivity contribution in [1.82, 2.24) is 14.7 Å². The van der Waals surface area contributed by atoms with Crippen molar-refractivity contribution in [1.29, 1.82) is 0 Å². The van der Waals surface area contributed by atoms with Crippen molar-refractivity contribution in [2.45, 2.75) is 44.2 Å². The molecule has 0 bridgehead atoms. The third-order valence-electron chi connectivity index (χ3n) is 5.71. The van der Waals surface area contributed by atoms with Gasteiger partial charge in [0.15, 0.2) is 0 Å². The van der Waals surface area contributed by atoms with Gasteiger partial charge < -0.3 is 9.80 Å². The predicted molar refractivity (Wildman–Crippen MR) is 91.6 cm³/mol. The molecule has 0 unspecified atom stereocenters. The summed E-state index contributed by atoms with van der Waals surface area (Å²) in [6.45, 7) is 3.74. The molecule has 3 saturated heterocycles. The first-order valence-corrected chi connectivity index (χ1v) is 9.14. The number of imide groups is 1. The van der Waals surface area contributed by atoms with Crippen LogP contribution in [-0.4, -0.2) is 64.9 Å². The predicted octanol–water partition coefficient (Wildman–Crippen LogP) is 2.12. The average molecular weight is 327 g/mol. The number of urea groups is 1. The van der Waals surface area contributed by atoms with E-state index in [0.717, 1.165) is 58.3 Å². The van der Waals surface area contributed by atoms with Gasteiger partial charge in [0.1, 0.15) is 6.04 Å². The second-order valence-corrected chi connectivity index (χ2v) is 7.15. The molecule has 1 aromatic rings. The number of likely N-dealkylation sites (tertiary alicyclic amines) is 1. The summed E-state index contributed by atoms with van der Waals surface area (Å²) >= 11 is 0. The molecule has 3 aliphatic heterocycles. The summed E-state index contributed by atoms with van der Waals surface area (Å²) < 4.78 is 0. The molecule has 3 aliphatic rings. The highest BCUT2D eigenvalue weighted by Crippen LogP contribution is 2.31. The van der Waals surface area contributed by atoms with Crippen molar-refractivity contribution in [3.63, 3.8) is 0 Å². The van der Waals surface area contributed by atoms with E-state index in [2.05, 4.69) is 29.2 Å². The topological polar surface area (TPSA) is 43.9 Å². The van der Waals surface area contributed by atoms with E-state index in [1.165, 1.54) is 5.56 Å². The van der Waals surface area contributed by atoms with Gasteiger partial charge in [0.25, 0.3) is 5.91 Å². The molecule has 1 aromatic carbocycles. The van der Waals surface area contributed by atoms with Gasteiger partial charge in [-0.2, -0.15) is 0 Å². The van der Waals surface area contributed by atoms with Crippen molar-refractivity contribution in [2.75, 3.05) is 26.2 Å². The number of rotatable bonds is 4. The number of hydrogen-bond donors (Lipinski definition) is 0. The second kappa shape index (κ2) is 6.55. The second-order valence-electron chi connectivity index (χ2n) is 7.15. The van der Waals surface area contributed by atoms with Gasteiger partial charge in [0, 0.05) is 32.2 Å². The molecule has 0 radical (unpaired) electrons. The van der Waals surface area contributed by atoms with E-state index in [-0.39, 0.29) is 24.0 Å². The Hall–Kier alpha value is -1.88. The fourth-order valence-electron chi connectivity index (χ4n) is 4.31. The molecular weight excluding hydrogens is 302 g/mol. The van der Waals surface area contributed by atoms with E-state index in [1.807, 2.05) is 6.07 Å². The van der Waals surface area contributed by atoms with Gasteiger partial charge in [0.2, 0.25) is 0 Å². The normalized spacial score (nSPS) is 25.6. The number of hydrogen-bond acceptors (Lipinski definition) is 3. The van der Waals surface area contributed by atoms with E-state index >= 15 is 0 Å². The van der Waals surface area contributed by atoms with Crippen LogP contribution in [0.1, 0.15) is 31.2 Å². The fraction of sp³-hybridized carbons (Fsp3) is 0.579. The van der Waals surface area contributed by atoms with Crippen LogP contribution in [0.4, 0.5) is 4.79 Å². The SMILES string of the molecule is O=C1[C@H]2CCCN2C(=O)N1C1CCN(CCc2ccccc2)CC1. The molecule has 24 heavy (non-hydrogen) atoms. The standard InChI is InChI=1S/C19H25N3O2/c23-18-17-7-4-11-21(17)19(24)22(18)16-9-13-20(14-10-16)12-8-15-5-2-1-3-6-15/h1-3,5-6,16-17H,4,7-14H2/t17-/m1/s1. The third kappa shape index (κ3) is 2.81. The van der Waals surface area contributed by atoms with E-state index < -0.39 is 0 Å². The summed E-state index contributed by atoms with van der Waals surface area (Å²) in [5.74, 6) is 0.0558. The maximum atomic E-state index is 12.5. The minimum absolute atomic E-state index is 0.0368. The van der Waals surface area contributed by atoms with Crippen molar-refractivity contribution in [3.05, 3.63) is 35.9 Å². The summed E-state index contributed by atoms with van der Waals surface area (Å²) in [6.07, 6.45) is 4.69. The van der Waals surface area contributed by atoms with Crippen LogP contribution in [0.15, 0.2) is 30.3 Å². The number of carbonyl (C=O) groups excluding carboxylic acids is 2. The molecule has 128 valence electrons. The van der Waals surface area contributed by atoms with Gasteiger partial charge in [-0.05, 0) is 37.7 Å². The largest absolute Gasteiger partial charge is 0.327 e. The van der Waals surface area contributed by atoms with Crippen LogP contribution in [0.3, 0.4) is 0 Å². The molecule has 5 heteroatoms. The van der Waals surface area contributed by atoms with E-state index in [9.17, 15) is 9.59 Å². The van der Waals surface area contributed by atoms with Crippen LogP contribution in [0.5, 0.6) is 0 Å². The zero-order chi connectivity index (χ0) is 16.5. The highest BCUT2D eigenvalue weighted by atomic mass is 16.2. The molecule has 4 rings (SSSR count). The summed E-state index contributed by atoms with van der Waals surface area (Å²) in [7, 11) is 0. The molecule has 1 atom stereocenters. The number of carbonyl (C=O) groups is 2. The quantitative estimate of drug-likeness (QED) is 0.796. The molecule has 0 saturated carbocycles. The lowest BCUT2D eigenvalue weighted by molar-refractivity contribution is -0.130. The molecule has 3 fully saturated rings. The first kappa shape index (κ1) is 15.6. The summed E-state index contributed by atoms with van der Waals surface area (Å²) in [4.78, 5) is 30.9. The van der Waals surface area contributed by atoms with E-state index in [4.69, 9.17) is 0 Å². The fourth-order valence-corrected chi connectivity index (χ4v) is 4.31. The van der Waals surface area contributed by atoms with Crippen molar-refractivity contribution < 1.29 is 9.59 Å². The van der Waals surface area contributed by atoms with Crippen molar-refractivity contribution in [2.24, 2.45) is 0 Å². The number of piperidine rings is 1. The highest BCUT2D eigenvalue weighted by molar-refractivity contribution is 6.04. The van der Waals surface area contributed by atoms with E-state index in [1.54, 1.807) is 9.80 Å². The maximum Gasteiger partial charge on any atom is 0.327 e. The highest BCUT2D eigenvalue weighted by Gasteiger charge is 2.49. The van der Waals surface area contributed by atoms with Gasteiger partial charge in [-0.1, -0.05) is 30.3 Å². The molecule has 3 amide bonds. The van der Waals surface area contributed by atoms with Gasteiger partial charge >= 0.3 is 6.03 Å². The first-order chi connectivity index (χ1) is 11.7. The Bertz CT molecular complexity index is 588. The van der Waals surface area contributed by atoms with Crippen molar-refractivity contribution in [3.8, 4) is 0 Å². The number of benzene rings is 1. The minimum Gasteiger partial charge on any atom is -0.312 e. The lowest BCUT2D eigenvalue weighted by atomic mass is 10.0. The summed E-state index contributed by atoms with van der Waals surface area (Å²) in [6, 6.07) is 10.5. The van der Waals surface area contributed by atoms with Crippen molar-refractivity contribution >= 4 is 11.9 Å². The van der Waals surface area contributed by atoms with Gasteiger partial charge in [0.05, 0.1) is 0 Å². The van der Waals surface area contributed by atoms with Crippen LogP contribution >= 0.6 is 0 Å². The average Bonchev–Trinajstić information content (AvgIpc) is 3.19. The Labute approximate surface area is 143 Å². The molecule has 0 aromatic heterocycles. The number of fused-ring (bicyclic) bond motifs is 1. The minimum atomic E-state index is -0.159. The Kier molecular flexibility index (Phi) is 4.27. The zero-order valence-corrected chi connectivity index (χ0v) is 14.1. The summed E-state index contributed by atoms with van der Waals surface area (Å²) in [5, 5.41) is 0. The Morgan fingerprint density at radius 2 is 1.71 bits per heavy atom. The lowest BCUT2D eigenvalue weighted by Gasteiger charge is -2.35. The van der Waals surface area contributed by atoms with E-state index in [0.29, 0.717) is 0 Å². The third-order valence-corrected chi connectivity index (χ3v) is 5.71. The maximum absolute atomic E-state index is 12.5. The van der Waals surface area contributed by atoms with Crippen LogP contribution in [0, 0.1) is 0 Å². The molecule has 0 N–H and O–H groups in total. The van der Waals surface area contributed by atoms with Crippen LogP contribution < -0.4 is 0 Å². The van der Waals surface area contributed by atoms with Gasteiger partial charge in [-0.15, -0.1) is 0 Å². The Balaban J connectivity index is 1.30. The van der Waals surface area contributed by atoms with Crippen LogP contribution in [-0.2, 0) is 11.2 Å². The molecule has 0 aliphatic carbocycles. The lowest BCUT2D eigenvalue weighted by Crippen LogP contribution is -2.48. The smallest absolute Gasteiger partial charge is 0.312 e. The van der Waals surface area contributed by atoms with Gasteiger partial charge in [-0.25, -0.2) is 4.79 Å². The molecule has 0 spiro atoms. The van der Waals surface area contributed by atoms with Gasteiger partial charge in [-0.3, -0.25) is 9.69 Å². The monoisotopic (exact) mass is 327 g/mol. The zero-order valence-electron chi connectivity index (χ0n) is 14.1. The summed E-state index contributed by atoms with van der Waals surface area (Å²) in [5.41, 5.74) is 1.37. The molecule has 3 heterocycles. The van der Waals surface area contributed by atoms with Crippen LogP contribution in [0.2, 0.25) is 0 Å². The van der Waals surface area contributed by atoms with Crippen LogP contribution in [0.25, 0.3) is 0 Å². The Morgan fingerprint density at radius 1 is 0.958 bits per heavy atom. The first-order valence-electron chi connectivity index (χ1n) is 9.14. The Morgan fingerprint density at radius 3 is 2.42 bits per heavy atom.